The van der Waals surface area contributed by atoms with Crippen LogP contribution in [0.2, 0.25) is 0 Å². The molecule has 2 aromatic carbocycles. The van der Waals surface area contributed by atoms with Gasteiger partial charge in [-0.2, -0.15) is 0 Å². The summed E-state index contributed by atoms with van der Waals surface area (Å²) in [5.41, 5.74) is 2.20. The number of imide groups is 2. The first-order valence-electron chi connectivity index (χ1n) is 16.6. The molecule has 0 spiro atoms. The van der Waals surface area contributed by atoms with Crippen LogP contribution in [0.5, 0.6) is 0 Å². The van der Waals surface area contributed by atoms with Gasteiger partial charge in [0.1, 0.15) is 13.2 Å². The summed E-state index contributed by atoms with van der Waals surface area (Å²) in [7, 11) is 0. The average molecular weight is 870 g/mol. The van der Waals surface area contributed by atoms with Crippen LogP contribution in [-0.4, -0.2) is 75.1 Å². The van der Waals surface area contributed by atoms with Gasteiger partial charge in [0.2, 0.25) is 11.8 Å². The molecule has 3 atom stereocenters. The SMILES string of the molecule is BrC/C=C/CBr.CC(C)CC(=O)N1C(=O)OC[C@@H]1Cc1ccccc1.CC(C)[C@H](C/C=C/CBr)C(=O)N1C(=O)OC[C@@H]1Cc1ccccc1. The zero-order chi connectivity index (χ0) is 36.2. The summed E-state index contributed by atoms with van der Waals surface area (Å²) in [5, 5.41) is 2.67. The Kier molecular flexibility index (Phi) is 20.4. The lowest BCUT2D eigenvalue weighted by Crippen LogP contribution is -2.44. The third-order valence-corrected chi connectivity index (χ3v) is 8.87. The summed E-state index contributed by atoms with van der Waals surface area (Å²) in [4.78, 5) is 51.5. The number of halogens is 3. The van der Waals surface area contributed by atoms with Crippen molar-refractivity contribution >= 4 is 71.8 Å². The first-order chi connectivity index (χ1) is 23.5. The van der Waals surface area contributed by atoms with Crippen molar-refractivity contribution in [2.75, 3.05) is 29.2 Å². The molecule has 0 radical (unpaired) electrons. The number of rotatable bonds is 13. The highest BCUT2D eigenvalue weighted by Gasteiger charge is 2.41. The number of benzene rings is 2. The van der Waals surface area contributed by atoms with Gasteiger partial charge in [0.05, 0.1) is 12.1 Å². The van der Waals surface area contributed by atoms with Crippen LogP contribution in [0.3, 0.4) is 0 Å². The van der Waals surface area contributed by atoms with Crippen LogP contribution in [-0.2, 0) is 31.9 Å². The summed E-state index contributed by atoms with van der Waals surface area (Å²) in [6.07, 6.45) is 9.32. The summed E-state index contributed by atoms with van der Waals surface area (Å²) in [5.74, 6) is -0.100. The lowest BCUT2D eigenvalue weighted by atomic mass is 9.90. The average Bonchev–Trinajstić information content (AvgIpc) is 3.63. The molecule has 8 nitrogen and oxygen atoms in total. The lowest BCUT2D eigenvalue weighted by Gasteiger charge is -2.26. The number of cyclic esters (lactones) is 2. The van der Waals surface area contributed by atoms with Gasteiger partial charge in [-0.3, -0.25) is 9.59 Å². The quantitative estimate of drug-likeness (QED) is 0.147. The van der Waals surface area contributed by atoms with Crippen LogP contribution in [0.4, 0.5) is 9.59 Å². The Hall–Kier alpha value is -2.76. The first kappa shape index (κ1) is 42.4. The largest absolute Gasteiger partial charge is 0.447 e. The Morgan fingerprint density at radius 2 is 1.14 bits per heavy atom. The van der Waals surface area contributed by atoms with E-state index >= 15 is 0 Å². The molecule has 0 N–H and O–H groups in total. The van der Waals surface area contributed by atoms with E-state index in [1.807, 2.05) is 101 Å². The van der Waals surface area contributed by atoms with Gasteiger partial charge in [0.15, 0.2) is 0 Å². The second kappa shape index (κ2) is 23.6. The van der Waals surface area contributed by atoms with Crippen LogP contribution < -0.4 is 0 Å². The number of amides is 4. The molecule has 0 aromatic heterocycles. The van der Waals surface area contributed by atoms with E-state index in [1.54, 1.807) is 0 Å². The summed E-state index contributed by atoms with van der Waals surface area (Å²) in [6, 6.07) is 19.3. The molecule has 4 amide bonds. The normalized spacial score (nSPS) is 17.9. The fraction of sp³-hybridized carbons (Fsp3) is 0.474. The number of allylic oxidation sites excluding steroid dienone is 4. The maximum Gasteiger partial charge on any atom is 0.416 e. The van der Waals surface area contributed by atoms with Crippen LogP contribution in [0.25, 0.3) is 0 Å². The predicted molar refractivity (Wildman–Crippen MR) is 206 cm³/mol. The summed E-state index contributed by atoms with van der Waals surface area (Å²) in [6.45, 7) is 8.51. The van der Waals surface area contributed by atoms with Gasteiger partial charge >= 0.3 is 12.2 Å². The number of nitrogens with zero attached hydrogens (tertiary/aromatic N) is 2. The molecule has 2 aromatic rings. The van der Waals surface area contributed by atoms with Gasteiger partial charge in [-0.15, -0.1) is 0 Å². The maximum absolute atomic E-state index is 13.0. The van der Waals surface area contributed by atoms with Gasteiger partial charge in [0.25, 0.3) is 0 Å². The molecule has 4 rings (SSSR count). The minimum absolute atomic E-state index is 0.132. The Balaban J connectivity index is 0.000000297. The molecule has 2 aliphatic heterocycles. The topological polar surface area (TPSA) is 93.2 Å². The Labute approximate surface area is 317 Å². The maximum atomic E-state index is 13.0. The van der Waals surface area contributed by atoms with Crippen LogP contribution in [0.1, 0.15) is 51.7 Å². The molecule has 11 heteroatoms. The standard InChI is InChI=1S/C19H24BrNO3.C15H19NO3.C4H6Br2/c1-14(2)17(10-6-7-11-20)18(22)21-16(13-24-19(21)23)12-15-8-4-3-5-9-15;1-11(2)8-14(17)16-13(10-19-15(16)18)9-12-6-4-3-5-7-12;5-3-1-2-4-6/h3-9,14,16-17H,10-13H2,1-2H3;3-7,11,13H,8-10H2,1-2H3;1-2H,3-4H2/b7-6+;;2-1+/t16-,17-;13-;/m00./s1. The van der Waals surface area contributed by atoms with Crippen molar-refractivity contribution in [3.63, 3.8) is 0 Å². The molecular weight excluding hydrogens is 820 g/mol. The van der Waals surface area contributed by atoms with Gasteiger partial charge < -0.3 is 9.47 Å². The van der Waals surface area contributed by atoms with E-state index in [2.05, 4.69) is 59.9 Å². The van der Waals surface area contributed by atoms with Gasteiger partial charge in [-0.1, -0.05) is 160 Å². The van der Waals surface area contributed by atoms with Gasteiger partial charge in [-0.05, 0) is 42.2 Å². The molecule has 0 aliphatic carbocycles. The zero-order valence-corrected chi connectivity index (χ0v) is 33.6. The minimum atomic E-state index is -0.518. The van der Waals surface area contributed by atoms with E-state index in [4.69, 9.17) is 9.47 Å². The highest BCUT2D eigenvalue weighted by molar-refractivity contribution is 9.09. The monoisotopic (exact) mass is 866 g/mol. The number of ether oxygens (including phenoxy) is 2. The Bertz CT molecular complexity index is 1350. The number of hydrogen-bond donors (Lipinski definition) is 0. The molecule has 268 valence electrons. The van der Waals surface area contributed by atoms with Gasteiger partial charge in [0, 0.05) is 28.3 Å². The molecule has 2 aliphatic rings. The highest BCUT2D eigenvalue weighted by Crippen LogP contribution is 2.25. The van der Waals surface area contributed by atoms with Crippen molar-refractivity contribution in [3.05, 3.63) is 96.1 Å². The minimum Gasteiger partial charge on any atom is -0.447 e. The lowest BCUT2D eigenvalue weighted by molar-refractivity contribution is -0.134. The second-order valence-electron chi connectivity index (χ2n) is 12.4. The fourth-order valence-corrected chi connectivity index (χ4v) is 6.08. The molecule has 0 saturated carbocycles. The van der Waals surface area contributed by atoms with Crippen molar-refractivity contribution in [3.8, 4) is 0 Å². The summed E-state index contributed by atoms with van der Waals surface area (Å²) >= 11 is 9.83. The van der Waals surface area contributed by atoms with Crippen molar-refractivity contribution in [1.82, 2.24) is 9.80 Å². The fourth-order valence-electron chi connectivity index (χ4n) is 5.29. The molecule has 2 saturated heterocycles. The molecule has 2 fully saturated rings. The van der Waals surface area contributed by atoms with Crippen molar-refractivity contribution < 1.29 is 28.7 Å². The number of hydrogen-bond acceptors (Lipinski definition) is 6. The molecule has 49 heavy (non-hydrogen) atoms. The number of alkyl halides is 3. The van der Waals surface area contributed by atoms with E-state index < -0.39 is 12.2 Å². The highest BCUT2D eigenvalue weighted by atomic mass is 79.9. The van der Waals surface area contributed by atoms with Crippen molar-refractivity contribution in [2.45, 2.75) is 65.5 Å². The van der Waals surface area contributed by atoms with Crippen LogP contribution in [0.15, 0.2) is 85.0 Å². The third kappa shape index (κ3) is 14.9. The first-order valence-corrected chi connectivity index (χ1v) is 19.9. The second-order valence-corrected chi connectivity index (χ2v) is 14.3. The van der Waals surface area contributed by atoms with Crippen molar-refractivity contribution in [1.29, 1.82) is 0 Å². The van der Waals surface area contributed by atoms with E-state index in [0.717, 1.165) is 27.1 Å². The zero-order valence-electron chi connectivity index (χ0n) is 28.8. The van der Waals surface area contributed by atoms with Crippen molar-refractivity contribution in [2.24, 2.45) is 17.8 Å². The Morgan fingerprint density at radius 3 is 1.57 bits per heavy atom. The molecule has 2 heterocycles. The van der Waals surface area contributed by atoms with E-state index in [0.29, 0.717) is 25.7 Å². The smallest absolute Gasteiger partial charge is 0.416 e. The molecular formula is C38H49Br3N2O6. The van der Waals surface area contributed by atoms with E-state index in [-0.39, 0.29) is 54.9 Å². The van der Waals surface area contributed by atoms with Crippen LogP contribution >= 0.6 is 47.8 Å². The van der Waals surface area contributed by atoms with Crippen LogP contribution in [0, 0.1) is 17.8 Å². The Morgan fingerprint density at radius 1 is 0.714 bits per heavy atom. The number of carbonyl (C=O) groups excluding carboxylic acids is 4. The molecule has 0 unspecified atom stereocenters. The molecule has 0 bridgehead atoms. The van der Waals surface area contributed by atoms with E-state index in [1.165, 1.54) is 9.80 Å². The predicted octanol–water partition coefficient (Wildman–Crippen LogP) is 9.14. The summed E-state index contributed by atoms with van der Waals surface area (Å²) < 4.78 is 10.2. The van der Waals surface area contributed by atoms with Gasteiger partial charge in [-0.25, -0.2) is 19.4 Å². The third-order valence-electron chi connectivity index (χ3n) is 7.75. The number of carbonyl (C=O) groups is 4. The van der Waals surface area contributed by atoms with E-state index in [9.17, 15) is 19.2 Å².